The summed E-state index contributed by atoms with van der Waals surface area (Å²) >= 11 is 0. The molecule has 5 heteroatoms. The van der Waals surface area contributed by atoms with Crippen molar-refractivity contribution in [3.63, 3.8) is 0 Å². The molecule has 3 aliphatic rings. The quantitative estimate of drug-likeness (QED) is 0.826. The van der Waals surface area contributed by atoms with Crippen LogP contribution in [-0.2, 0) is 9.53 Å². The number of amides is 1. The number of ether oxygens (including phenoxy) is 3. The van der Waals surface area contributed by atoms with Crippen LogP contribution in [-0.4, -0.2) is 32.8 Å². The number of carbonyl (C=O) groups excluding carboxylic acids is 1. The van der Waals surface area contributed by atoms with Crippen LogP contribution in [0.25, 0.3) is 0 Å². The zero-order valence-electron chi connectivity index (χ0n) is 17.7. The Hall–Kier alpha value is -1.75. The van der Waals surface area contributed by atoms with Gasteiger partial charge in [0.1, 0.15) is 0 Å². The molecule has 5 atom stereocenters. The standard InChI is InChI=1S/C23H33NO4/c1-6-18(25)24-21-22(2,3)14-12-16-19(28-11-10-23(16,21)13-14)15-8-7-9-17(26-4)20(15)27-5/h7-9,14,16,19,21H,6,10-13H2,1-5H3,(H,24,25)/t14-,16-,19-,21+,23?/m1/s1. The van der Waals surface area contributed by atoms with Crippen molar-refractivity contribution < 1.29 is 19.0 Å². The maximum atomic E-state index is 12.4. The zero-order chi connectivity index (χ0) is 20.1. The molecule has 1 spiro atoms. The van der Waals surface area contributed by atoms with Crippen molar-refractivity contribution in [1.29, 1.82) is 0 Å². The van der Waals surface area contributed by atoms with E-state index in [-0.39, 0.29) is 28.9 Å². The topological polar surface area (TPSA) is 56.8 Å². The lowest BCUT2D eigenvalue weighted by Crippen LogP contribution is -2.58. The molecule has 5 nitrogen and oxygen atoms in total. The van der Waals surface area contributed by atoms with Gasteiger partial charge in [0, 0.05) is 24.6 Å². The van der Waals surface area contributed by atoms with E-state index in [0.29, 0.717) is 24.9 Å². The van der Waals surface area contributed by atoms with E-state index in [4.69, 9.17) is 14.2 Å². The normalized spacial score (nSPS) is 35.3. The molecule has 0 aromatic heterocycles. The molecule has 1 amide bonds. The van der Waals surface area contributed by atoms with Crippen molar-refractivity contribution in [1.82, 2.24) is 5.32 Å². The Bertz CT molecular complexity index is 761. The molecule has 1 unspecified atom stereocenters. The van der Waals surface area contributed by atoms with Crippen LogP contribution in [0.2, 0.25) is 0 Å². The second-order valence-corrected chi connectivity index (χ2v) is 9.28. The van der Waals surface area contributed by atoms with Crippen molar-refractivity contribution >= 4 is 5.91 Å². The summed E-state index contributed by atoms with van der Waals surface area (Å²) in [6.07, 6.45) is 3.82. The van der Waals surface area contributed by atoms with Gasteiger partial charge in [0.25, 0.3) is 0 Å². The maximum absolute atomic E-state index is 12.4. The van der Waals surface area contributed by atoms with Crippen molar-refractivity contribution in [2.75, 3.05) is 20.8 Å². The van der Waals surface area contributed by atoms with Gasteiger partial charge in [0.15, 0.2) is 11.5 Å². The molecule has 1 saturated heterocycles. The lowest BCUT2D eigenvalue weighted by atomic mass is 9.58. The van der Waals surface area contributed by atoms with E-state index in [2.05, 4.69) is 25.2 Å². The first-order chi connectivity index (χ1) is 13.4. The summed E-state index contributed by atoms with van der Waals surface area (Å²) in [5.74, 6) is 2.63. The Kier molecular flexibility index (Phi) is 4.85. The molecule has 1 heterocycles. The molecule has 28 heavy (non-hydrogen) atoms. The smallest absolute Gasteiger partial charge is 0.219 e. The number of para-hydroxylation sites is 1. The highest BCUT2D eigenvalue weighted by molar-refractivity contribution is 5.76. The SMILES string of the molecule is CCC(=O)N[C@H]1C(C)(C)[C@@H]2C[C@@H]3[C@@H](c4cccc(OC)c4OC)OCCC31C2. The number of carbonyl (C=O) groups is 1. The number of rotatable bonds is 5. The van der Waals surface area contributed by atoms with Crippen molar-refractivity contribution in [2.45, 2.75) is 58.6 Å². The van der Waals surface area contributed by atoms with Gasteiger partial charge in [-0.3, -0.25) is 4.79 Å². The molecule has 1 aromatic carbocycles. The van der Waals surface area contributed by atoms with Gasteiger partial charge in [-0.1, -0.05) is 32.9 Å². The average molecular weight is 388 g/mol. The first-order valence-electron chi connectivity index (χ1n) is 10.5. The third-order valence-electron chi connectivity index (χ3n) is 7.87. The fourth-order valence-electron chi connectivity index (χ4n) is 6.49. The minimum atomic E-state index is -0.0269. The number of methoxy groups -OCH3 is 2. The van der Waals surface area contributed by atoms with Crippen molar-refractivity contribution in [3.8, 4) is 11.5 Å². The molecule has 2 bridgehead atoms. The lowest BCUT2D eigenvalue weighted by Gasteiger charge is -2.53. The van der Waals surface area contributed by atoms with Gasteiger partial charge in [0.2, 0.25) is 5.91 Å². The first kappa shape index (κ1) is 19.6. The largest absolute Gasteiger partial charge is 0.493 e. The van der Waals surface area contributed by atoms with Gasteiger partial charge in [-0.05, 0) is 48.0 Å². The Morgan fingerprint density at radius 1 is 1.29 bits per heavy atom. The Morgan fingerprint density at radius 2 is 2.07 bits per heavy atom. The van der Waals surface area contributed by atoms with Gasteiger partial charge in [-0.15, -0.1) is 0 Å². The van der Waals surface area contributed by atoms with Crippen LogP contribution in [0.4, 0.5) is 0 Å². The first-order valence-corrected chi connectivity index (χ1v) is 10.5. The summed E-state index contributed by atoms with van der Waals surface area (Å²) in [5, 5.41) is 3.41. The van der Waals surface area contributed by atoms with Gasteiger partial charge in [-0.2, -0.15) is 0 Å². The van der Waals surface area contributed by atoms with Crippen LogP contribution in [0.15, 0.2) is 18.2 Å². The number of benzene rings is 1. The molecule has 2 aliphatic carbocycles. The minimum absolute atomic E-state index is 0.0269. The fourth-order valence-corrected chi connectivity index (χ4v) is 6.49. The molecule has 1 aliphatic heterocycles. The van der Waals surface area contributed by atoms with Gasteiger partial charge < -0.3 is 19.5 Å². The molecule has 0 radical (unpaired) electrons. The second-order valence-electron chi connectivity index (χ2n) is 9.28. The molecule has 1 aromatic rings. The maximum Gasteiger partial charge on any atom is 0.219 e. The summed E-state index contributed by atoms with van der Waals surface area (Å²) < 4.78 is 17.6. The van der Waals surface area contributed by atoms with E-state index in [9.17, 15) is 4.79 Å². The number of hydrogen-bond donors (Lipinski definition) is 1. The number of fused-ring (bicyclic) bond motifs is 1. The van der Waals surface area contributed by atoms with E-state index in [0.717, 1.165) is 29.9 Å². The summed E-state index contributed by atoms with van der Waals surface area (Å²) in [7, 11) is 3.36. The van der Waals surface area contributed by atoms with E-state index >= 15 is 0 Å². The Labute approximate surface area is 168 Å². The van der Waals surface area contributed by atoms with Gasteiger partial charge in [-0.25, -0.2) is 0 Å². The Morgan fingerprint density at radius 3 is 2.75 bits per heavy atom. The van der Waals surface area contributed by atoms with E-state index in [1.165, 1.54) is 6.42 Å². The molecule has 4 rings (SSSR count). The zero-order valence-corrected chi connectivity index (χ0v) is 17.7. The molecule has 3 fully saturated rings. The third-order valence-corrected chi connectivity index (χ3v) is 7.87. The highest BCUT2D eigenvalue weighted by Gasteiger charge is 2.68. The highest BCUT2D eigenvalue weighted by atomic mass is 16.5. The van der Waals surface area contributed by atoms with Crippen LogP contribution in [0, 0.1) is 22.7 Å². The van der Waals surface area contributed by atoms with Crippen LogP contribution < -0.4 is 14.8 Å². The van der Waals surface area contributed by atoms with Gasteiger partial charge >= 0.3 is 0 Å². The predicted molar refractivity (Wildman–Crippen MR) is 108 cm³/mol. The van der Waals surface area contributed by atoms with Crippen molar-refractivity contribution in [3.05, 3.63) is 23.8 Å². The van der Waals surface area contributed by atoms with Crippen LogP contribution in [0.1, 0.15) is 58.1 Å². The van der Waals surface area contributed by atoms with Gasteiger partial charge in [0.05, 0.1) is 20.3 Å². The monoisotopic (exact) mass is 387 g/mol. The number of nitrogens with one attached hydrogen (secondary N) is 1. The summed E-state index contributed by atoms with van der Waals surface area (Å²) in [6, 6.07) is 6.23. The summed E-state index contributed by atoms with van der Waals surface area (Å²) in [4.78, 5) is 12.4. The van der Waals surface area contributed by atoms with Crippen LogP contribution >= 0.6 is 0 Å². The molecule has 154 valence electrons. The summed E-state index contributed by atoms with van der Waals surface area (Å²) in [6.45, 7) is 7.31. The van der Waals surface area contributed by atoms with Crippen LogP contribution in [0.5, 0.6) is 11.5 Å². The second kappa shape index (κ2) is 6.94. The van der Waals surface area contributed by atoms with E-state index < -0.39 is 0 Å². The van der Waals surface area contributed by atoms with Crippen LogP contribution in [0.3, 0.4) is 0 Å². The fraction of sp³-hybridized carbons (Fsp3) is 0.696. The molecule has 1 N–H and O–H groups in total. The van der Waals surface area contributed by atoms with E-state index in [1.807, 2.05) is 19.1 Å². The highest BCUT2D eigenvalue weighted by Crippen LogP contribution is 2.71. The minimum Gasteiger partial charge on any atom is -0.493 e. The predicted octanol–water partition coefficient (Wildman–Crippen LogP) is 4.11. The number of hydrogen-bond acceptors (Lipinski definition) is 4. The van der Waals surface area contributed by atoms with E-state index in [1.54, 1.807) is 14.2 Å². The molecular formula is C23H33NO4. The van der Waals surface area contributed by atoms with Crippen molar-refractivity contribution in [2.24, 2.45) is 22.7 Å². The lowest BCUT2D eigenvalue weighted by molar-refractivity contribution is -0.137. The Balaban J connectivity index is 1.74. The average Bonchev–Trinajstić information content (AvgIpc) is 3.19. The molecular weight excluding hydrogens is 354 g/mol. The molecule has 2 saturated carbocycles. The third kappa shape index (κ3) is 2.66. The summed E-state index contributed by atoms with van der Waals surface area (Å²) in [5.41, 5.74) is 1.27.